The molecule has 1 rings (SSSR count). The molecule has 18 heavy (non-hydrogen) atoms. The van der Waals surface area contributed by atoms with Gasteiger partial charge in [0, 0.05) is 28.0 Å². The summed E-state index contributed by atoms with van der Waals surface area (Å²) in [5.41, 5.74) is 6.31. The van der Waals surface area contributed by atoms with Crippen LogP contribution in [0.4, 0.5) is 18.9 Å². The first kappa shape index (κ1) is 15.5. The van der Waals surface area contributed by atoms with Crippen LogP contribution < -0.4 is 5.73 Å². The summed E-state index contributed by atoms with van der Waals surface area (Å²) in [5.74, 6) is 0.643. The summed E-state index contributed by atoms with van der Waals surface area (Å²) in [4.78, 5) is 0.871. The molecule has 2 N–H and O–H groups in total. The molecule has 0 atom stereocenters. The Balaban J connectivity index is 2.18. The summed E-state index contributed by atoms with van der Waals surface area (Å²) in [6.45, 7) is -1.11. The van der Waals surface area contributed by atoms with E-state index in [2.05, 4.69) is 4.74 Å². The van der Waals surface area contributed by atoms with E-state index in [-0.39, 0.29) is 6.61 Å². The van der Waals surface area contributed by atoms with Gasteiger partial charge in [0.25, 0.3) is 0 Å². The smallest absolute Gasteiger partial charge is 0.398 e. The average Bonchev–Trinajstić information content (AvgIpc) is 2.24. The minimum atomic E-state index is -4.26. The van der Waals surface area contributed by atoms with Gasteiger partial charge in [-0.2, -0.15) is 13.2 Å². The van der Waals surface area contributed by atoms with Crippen LogP contribution in [0.1, 0.15) is 6.42 Å². The number of nitrogens with two attached hydrogens (primary N) is 1. The zero-order valence-corrected chi connectivity index (χ0v) is 11.0. The molecule has 7 heteroatoms. The molecule has 1 aromatic rings. The molecule has 102 valence electrons. The van der Waals surface area contributed by atoms with Crippen LogP contribution in [-0.4, -0.2) is 25.1 Å². The Morgan fingerprint density at radius 3 is 2.67 bits per heavy atom. The number of nitrogen functional groups attached to an aromatic ring is 1. The fourth-order valence-corrected chi connectivity index (χ4v) is 2.23. The number of hydrogen-bond donors (Lipinski definition) is 1. The normalized spacial score (nSPS) is 11.8. The van der Waals surface area contributed by atoms with Gasteiger partial charge in [-0.05, 0) is 24.6 Å². The molecule has 0 unspecified atom stereocenters. The van der Waals surface area contributed by atoms with E-state index >= 15 is 0 Å². The Morgan fingerprint density at radius 2 is 2.06 bits per heavy atom. The first-order chi connectivity index (χ1) is 8.38. The molecule has 0 fully saturated rings. The zero-order valence-electron chi connectivity index (χ0n) is 9.47. The standard InChI is InChI=1S/C11H13ClF3NOS/c12-8-2-3-10(9(16)6-8)18-5-1-4-17-7-11(13,14)15/h2-3,6H,1,4-5,7,16H2. The monoisotopic (exact) mass is 299 g/mol. The molecule has 0 saturated carbocycles. The van der Waals surface area contributed by atoms with Crippen molar-refractivity contribution >= 4 is 29.1 Å². The summed E-state index contributed by atoms with van der Waals surface area (Å²) in [7, 11) is 0. The van der Waals surface area contributed by atoms with Crippen LogP contribution in [-0.2, 0) is 4.74 Å². The molecule has 0 aromatic heterocycles. The summed E-state index contributed by atoms with van der Waals surface area (Å²) < 4.78 is 39.8. The van der Waals surface area contributed by atoms with Crippen LogP contribution in [0.3, 0.4) is 0 Å². The van der Waals surface area contributed by atoms with Crippen LogP contribution in [0.2, 0.25) is 5.02 Å². The maximum Gasteiger partial charge on any atom is 0.411 e. The van der Waals surface area contributed by atoms with E-state index in [1.54, 1.807) is 18.2 Å². The SMILES string of the molecule is Nc1cc(Cl)ccc1SCCCOCC(F)(F)F. The lowest BCUT2D eigenvalue weighted by Crippen LogP contribution is -2.17. The summed E-state index contributed by atoms with van der Waals surface area (Å²) in [5, 5.41) is 0.561. The molecule has 0 amide bonds. The van der Waals surface area contributed by atoms with Crippen molar-refractivity contribution in [2.45, 2.75) is 17.5 Å². The quantitative estimate of drug-likeness (QED) is 0.490. The first-order valence-electron chi connectivity index (χ1n) is 5.21. The van der Waals surface area contributed by atoms with Crippen molar-refractivity contribution in [3.63, 3.8) is 0 Å². The lowest BCUT2D eigenvalue weighted by atomic mass is 10.3. The van der Waals surface area contributed by atoms with E-state index in [0.29, 0.717) is 22.9 Å². The van der Waals surface area contributed by atoms with Crippen LogP contribution >= 0.6 is 23.4 Å². The van der Waals surface area contributed by atoms with Crippen molar-refractivity contribution in [3.8, 4) is 0 Å². The highest BCUT2D eigenvalue weighted by molar-refractivity contribution is 7.99. The van der Waals surface area contributed by atoms with Gasteiger partial charge in [-0.15, -0.1) is 11.8 Å². The van der Waals surface area contributed by atoms with Crippen molar-refractivity contribution in [1.82, 2.24) is 0 Å². The number of rotatable bonds is 6. The third-order valence-corrected chi connectivity index (χ3v) is 3.34. The summed E-state index contributed by atoms with van der Waals surface area (Å²) in [6.07, 6.45) is -3.73. The maximum absolute atomic E-state index is 11.8. The summed E-state index contributed by atoms with van der Waals surface area (Å²) >= 11 is 7.22. The predicted octanol–water partition coefficient (Wildman–Crippen LogP) is 3.98. The Hall–Kier alpha value is -0.590. The molecule has 0 aliphatic rings. The van der Waals surface area contributed by atoms with Gasteiger partial charge < -0.3 is 10.5 Å². The van der Waals surface area contributed by atoms with E-state index in [0.717, 1.165) is 4.90 Å². The van der Waals surface area contributed by atoms with Crippen molar-refractivity contribution in [2.75, 3.05) is 24.7 Å². The van der Waals surface area contributed by atoms with E-state index in [1.165, 1.54) is 11.8 Å². The maximum atomic E-state index is 11.8. The van der Waals surface area contributed by atoms with Gasteiger partial charge in [0.2, 0.25) is 0 Å². The Kier molecular flexibility index (Phi) is 6.11. The van der Waals surface area contributed by atoms with Crippen molar-refractivity contribution in [2.24, 2.45) is 0 Å². The van der Waals surface area contributed by atoms with Crippen molar-refractivity contribution in [1.29, 1.82) is 0 Å². The third kappa shape index (κ3) is 6.37. The van der Waals surface area contributed by atoms with E-state index in [1.807, 2.05) is 0 Å². The highest BCUT2D eigenvalue weighted by Gasteiger charge is 2.27. The van der Waals surface area contributed by atoms with Gasteiger partial charge in [0.05, 0.1) is 0 Å². The molecule has 0 radical (unpaired) electrons. The lowest BCUT2D eigenvalue weighted by molar-refractivity contribution is -0.173. The molecule has 0 bridgehead atoms. The average molecular weight is 300 g/mol. The Bertz CT molecular complexity index is 387. The Labute approximate surface area is 113 Å². The number of anilines is 1. The largest absolute Gasteiger partial charge is 0.411 e. The second-order valence-electron chi connectivity index (χ2n) is 3.55. The predicted molar refractivity (Wildman–Crippen MR) is 68.1 cm³/mol. The van der Waals surface area contributed by atoms with Gasteiger partial charge in [-0.3, -0.25) is 0 Å². The number of hydrogen-bond acceptors (Lipinski definition) is 3. The van der Waals surface area contributed by atoms with Gasteiger partial charge in [-0.25, -0.2) is 0 Å². The van der Waals surface area contributed by atoms with Gasteiger partial charge >= 0.3 is 6.18 Å². The molecule has 2 nitrogen and oxygen atoms in total. The van der Waals surface area contributed by atoms with Crippen LogP contribution in [0.15, 0.2) is 23.1 Å². The number of alkyl halides is 3. The highest BCUT2D eigenvalue weighted by Crippen LogP contribution is 2.28. The van der Waals surface area contributed by atoms with Gasteiger partial charge in [0.1, 0.15) is 6.61 Å². The molecule has 0 spiro atoms. The molecule has 0 aliphatic carbocycles. The highest BCUT2D eigenvalue weighted by atomic mass is 35.5. The van der Waals surface area contributed by atoms with E-state index < -0.39 is 12.8 Å². The van der Waals surface area contributed by atoms with Crippen LogP contribution in [0.25, 0.3) is 0 Å². The Morgan fingerprint density at radius 1 is 1.33 bits per heavy atom. The molecule has 1 aromatic carbocycles. The number of benzene rings is 1. The fraction of sp³-hybridized carbons (Fsp3) is 0.455. The molecule has 0 heterocycles. The van der Waals surface area contributed by atoms with Crippen LogP contribution in [0, 0.1) is 0 Å². The number of ether oxygens (including phenoxy) is 1. The topological polar surface area (TPSA) is 35.2 Å². The van der Waals surface area contributed by atoms with E-state index in [9.17, 15) is 13.2 Å². The summed E-state index contributed by atoms with van der Waals surface area (Å²) in [6, 6.07) is 5.16. The zero-order chi connectivity index (χ0) is 13.6. The molecular formula is C11H13ClF3NOS. The first-order valence-corrected chi connectivity index (χ1v) is 6.57. The number of thioether (sulfide) groups is 1. The minimum Gasteiger partial charge on any atom is -0.398 e. The van der Waals surface area contributed by atoms with E-state index in [4.69, 9.17) is 17.3 Å². The number of halogens is 4. The lowest BCUT2D eigenvalue weighted by Gasteiger charge is -2.08. The second-order valence-corrected chi connectivity index (χ2v) is 5.13. The molecular weight excluding hydrogens is 287 g/mol. The molecule has 0 saturated heterocycles. The third-order valence-electron chi connectivity index (χ3n) is 1.93. The van der Waals surface area contributed by atoms with Crippen molar-refractivity contribution < 1.29 is 17.9 Å². The fourth-order valence-electron chi connectivity index (χ4n) is 1.18. The molecule has 0 aliphatic heterocycles. The van der Waals surface area contributed by atoms with Gasteiger partial charge in [0.15, 0.2) is 0 Å². The van der Waals surface area contributed by atoms with Gasteiger partial charge in [-0.1, -0.05) is 11.6 Å². The minimum absolute atomic E-state index is 0.0833. The van der Waals surface area contributed by atoms with Crippen LogP contribution in [0.5, 0.6) is 0 Å². The van der Waals surface area contributed by atoms with Crippen molar-refractivity contribution in [3.05, 3.63) is 23.2 Å². The second kappa shape index (κ2) is 7.11.